The van der Waals surface area contributed by atoms with E-state index in [9.17, 15) is 4.79 Å². The van der Waals surface area contributed by atoms with E-state index >= 15 is 0 Å². The predicted molar refractivity (Wildman–Crippen MR) is 75.1 cm³/mol. The number of hydrogen-bond donors (Lipinski definition) is 0. The van der Waals surface area contributed by atoms with Crippen LogP contribution < -0.4 is 9.47 Å². The first-order chi connectivity index (χ1) is 9.10. The zero-order valence-electron chi connectivity index (χ0n) is 12.0. The van der Waals surface area contributed by atoms with Crippen LogP contribution in [0.3, 0.4) is 0 Å². The summed E-state index contributed by atoms with van der Waals surface area (Å²) in [6.07, 6.45) is 5.43. The van der Waals surface area contributed by atoms with Gasteiger partial charge in [0.2, 0.25) is 0 Å². The molecule has 3 nitrogen and oxygen atoms in total. The molecule has 0 aliphatic heterocycles. The second kappa shape index (κ2) is 5.64. The Morgan fingerprint density at radius 3 is 2.37 bits per heavy atom. The lowest BCUT2D eigenvalue weighted by molar-refractivity contribution is 0.0746. The van der Waals surface area contributed by atoms with Gasteiger partial charge in [0.1, 0.15) is 11.5 Å². The van der Waals surface area contributed by atoms with Crippen LogP contribution in [0.4, 0.5) is 0 Å². The Bertz CT molecular complexity index is 459. The molecule has 1 aromatic carbocycles. The van der Waals surface area contributed by atoms with Gasteiger partial charge in [-0.1, -0.05) is 26.2 Å². The lowest BCUT2D eigenvalue weighted by Crippen LogP contribution is -2.30. The van der Waals surface area contributed by atoms with E-state index in [-0.39, 0.29) is 11.2 Å². The fourth-order valence-electron chi connectivity index (χ4n) is 2.88. The summed E-state index contributed by atoms with van der Waals surface area (Å²) in [6, 6.07) is 5.41. The van der Waals surface area contributed by atoms with Crippen molar-refractivity contribution in [1.82, 2.24) is 0 Å². The Balaban J connectivity index is 2.36. The Hall–Kier alpha value is -1.51. The third-order valence-electron chi connectivity index (χ3n) is 4.16. The quantitative estimate of drug-likeness (QED) is 0.773. The number of carbonyl (C=O) groups excluding carboxylic acids is 1. The third kappa shape index (κ3) is 2.75. The van der Waals surface area contributed by atoms with E-state index in [2.05, 4.69) is 6.92 Å². The molecule has 19 heavy (non-hydrogen) atoms. The number of carbonyl (C=O) groups is 1. The van der Waals surface area contributed by atoms with Crippen LogP contribution in [0.5, 0.6) is 11.5 Å². The van der Waals surface area contributed by atoms with Gasteiger partial charge in [0.05, 0.1) is 19.8 Å². The minimum Gasteiger partial charge on any atom is -0.497 e. The average molecular weight is 262 g/mol. The first-order valence-corrected chi connectivity index (χ1v) is 6.87. The van der Waals surface area contributed by atoms with Crippen molar-refractivity contribution in [1.29, 1.82) is 0 Å². The van der Waals surface area contributed by atoms with Crippen LogP contribution in [0.25, 0.3) is 0 Å². The number of ether oxygens (including phenoxy) is 2. The van der Waals surface area contributed by atoms with Crippen molar-refractivity contribution >= 4 is 5.78 Å². The molecular weight excluding hydrogens is 240 g/mol. The van der Waals surface area contributed by atoms with E-state index in [4.69, 9.17) is 9.47 Å². The molecule has 0 unspecified atom stereocenters. The van der Waals surface area contributed by atoms with E-state index in [1.54, 1.807) is 26.4 Å². The minimum absolute atomic E-state index is 0.183. The number of rotatable bonds is 4. The summed E-state index contributed by atoms with van der Waals surface area (Å²) >= 11 is 0. The molecule has 104 valence electrons. The Labute approximate surface area is 114 Å². The predicted octanol–water partition coefficient (Wildman–Crippen LogP) is 3.86. The van der Waals surface area contributed by atoms with E-state index in [0.717, 1.165) is 25.7 Å². The van der Waals surface area contributed by atoms with Crippen LogP contribution in [0, 0.1) is 5.41 Å². The van der Waals surface area contributed by atoms with Crippen molar-refractivity contribution in [3.8, 4) is 11.5 Å². The van der Waals surface area contributed by atoms with Crippen molar-refractivity contribution in [2.75, 3.05) is 14.2 Å². The van der Waals surface area contributed by atoms with Gasteiger partial charge in [-0.05, 0) is 31.0 Å². The molecule has 0 radical (unpaired) electrons. The summed E-state index contributed by atoms with van der Waals surface area (Å²) in [6.45, 7) is 2.08. The Kier molecular flexibility index (Phi) is 4.13. The highest BCUT2D eigenvalue weighted by atomic mass is 16.5. The van der Waals surface area contributed by atoms with Gasteiger partial charge in [0, 0.05) is 5.41 Å². The highest BCUT2D eigenvalue weighted by molar-refractivity contribution is 6.03. The zero-order valence-corrected chi connectivity index (χ0v) is 12.0. The molecule has 3 heteroatoms. The Morgan fingerprint density at radius 2 is 1.79 bits per heavy atom. The topological polar surface area (TPSA) is 35.5 Å². The molecule has 0 N–H and O–H groups in total. The Morgan fingerprint density at radius 1 is 1.11 bits per heavy atom. The highest BCUT2D eigenvalue weighted by Crippen LogP contribution is 2.40. The molecule has 1 saturated carbocycles. The van der Waals surface area contributed by atoms with Gasteiger partial charge in [-0.25, -0.2) is 0 Å². The maximum Gasteiger partial charge on any atom is 0.172 e. The number of benzene rings is 1. The molecular formula is C16H22O3. The highest BCUT2D eigenvalue weighted by Gasteiger charge is 2.36. The monoisotopic (exact) mass is 262 g/mol. The maximum absolute atomic E-state index is 12.8. The molecule has 1 aromatic rings. The number of ketones is 1. The molecule has 0 atom stereocenters. The summed E-state index contributed by atoms with van der Waals surface area (Å²) in [5.74, 6) is 1.52. The molecule has 0 amide bonds. The second-order valence-electron chi connectivity index (χ2n) is 5.52. The summed E-state index contributed by atoms with van der Waals surface area (Å²) in [4.78, 5) is 12.8. The van der Waals surface area contributed by atoms with Gasteiger partial charge >= 0.3 is 0 Å². The van der Waals surface area contributed by atoms with E-state index < -0.39 is 0 Å². The van der Waals surface area contributed by atoms with Crippen molar-refractivity contribution < 1.29 is 14.3 Å². The lowest BCUT2D eigenvalue weighted by Gasteiger charge is -2.32. The summed E-state index contributed by atoms with van der Waals surface area (Å²) in [5, 5.41) is 0. The van der Waals surface area contributed by atoms with Crippen LogP contribution in [0.1, 0.15) is 49.4 Å². The first kappa shape index (κ1) is 13.9. The third-order valence-corrected chi connectivity index (χ3v) is 4.16. The van der Waals surface area contributed by atoms with Gasteiger partial charge in [-0.3, -0.25) is 4.79 Å². The number of hydrogen-bond acceptors (Lipinski definition) is 3. The standard InChI is InChI=1S/C16H22O3/c1-16(9-5-4-6-10-16)15(17)13-11-12(18-2)7-8-14(13)19-3/h7-8,11H,4-6,9-10H2,1-3H3. The molecule has 0 spiro atoms. The SMILES string of the molecule is COc1ccc(OC)c(C(=O)C2(C)CCCCC2)c1. The number of methoxy groups -OCH3 is 2. The first-order valence-electron chi connectivity index (χ1n) is 6.87. The van der Waals surface area contributed by atoms with Crippen molar-refractivity contribution in [2.24, 2.45) is 5.41 Å². The average Bonchev–Trinajstić information content (AvgIpc) is 2.46. The molecule has 1 aliphatic carbocycles. The van der Waals surface area contributed by atoms with E-state index in [1.807, 2.05) is 6.07 Å². The van der Waals surface area contributed by atoms with Crippen LogP contribution in [-0.2, 0) is 0 Å². The lowest BCUT2D eigenvalue weighted by atomic mass is 9.71. The fourth-order valence-corrected chi connectivity index (χ4v) is 2.88. The van der Waals surface area contributed by atoms with Gasteiger partial charge in [0.15, 0.2) is 5.78 Å². The molecule has 0 bridgehead atoms. The van der Waals surface area contributed by atoms with E-state index in [0.29, 0.717) is 17.1 Å². The smallest absolute Gasteiger partial charge is 0.172 e. The second-order valence-corrected chi connectivity index (χ2v) is 5.52. The van der Waals surface area contributed by atoms with Gasteiger partial charge in [-0.15, -0.1) is 0 Å². The van der Waals surface area contributed by atoms with Crippen molar-refractivity contribution in [2.45, 2.75) is 39.0 Å². The molecule has 0 heterocycles. The molecule has 0 aromatic heterocycles. The van der Waals surface area contributed by atoms with E-state index in [1.165, 1.54) is 6.42 Å². The zero-order chi connectivity index (χ0) is 13.9. The molecule has 0 saturated heterocycles. The number of Topliss-reactive ketones (excluding diaryl/α,β-unsaturated/α-hetero) is 1. The van der Waals surface area contributed by atoms with Crippen molar-refractivity contribution in [3.05, 3.63) is 23.8 Å². The van der Waals surface area contributed by atoms with Gasteiger partial charge < -0.3 is 9.47 Å². The largest absolute Gasteiger partial charge is 0.497 e. The molecule has 1 aliphatic rings. The fraction of sp³-hybridized carbons (Fsp3) is 0.562. The molecule has 1 fully saturated rings. The summed E-state index contributed by atoms with van der Waals surface area (Å²) < 4.78 is 10.5. The van der Waals surface area contributed by atoms with Crippen molar-refractivity contribution in [3.63, 3.8) is 0 Å². The van der Waals surface area contributed by atoms with Crippen LogP contribution in [0.2, 0.25) is 0 Å². The molecule has 2 rings (SSSR count). The van der Waals surface area contributed by atoms with Gasteiger partial charge in [0.25, 0.3) is 0 Å². The minimum atomic E-state index is -0.252. The van der Waals surface area contributed by atoms with Crippen LogP contribution in [0.15, 0.2) is 18.2 Å². The normalized spacial score (nSPS) is 17.8. The van der Waals surface area contributed by atoms with Gasteiger partial charge in [-0.2, -0.15) is 0 Å². The van der Waals surface area contributed by atoms with Crippen LogP contribution >= 0.6 is 0 Å². The summed E-state index contributed by atoms with van der Waals surface area (Å²) in [7, 11) is 3.21. The van der Waals surface area contributed by atoms with Crippen LogP contribution in [-0.4, -0.2) is 20.0 Å². The maximum atomic E-state index is 12.8. The summed E-state index contributed by atoms with van der Waals surface area (Å²) in [5.41, 5.74) is 0.393.